The summed E-state index contributed by atoms with van der Waals surface area (Å²) in [4.78, 5) is 23.7. The molecule has 2 atom stereocenters. The second-order valence-electron chi connectivity index (χ2n) is 7.46. The lowest BCUT2D eigenvalue weighted by molar-refractivity contribution is -0.132. The fourth-order valence-electron chi connectivity index (χ4n) is 2.85. The zero-order valence-electron chi connectivity index (χ0n) is 19.8. The molecule has 0 rings (SSSR count). The van der Waals surface area contributed by atoms with E-state index in [0.29, 0.717) is 18.7 Å². The first-order chi connectivity index (χ1) is 15.5. The molecular weight excluding hydrogens is 416 g/mol. The van der Waals surface area contributed by atoms with Crippen molar-refractivity contribution < 1.29 is 9.59 Å². The van der Waals surface area contributed by atoms with Crippen LogP contribution in [0.4, 0.5) is 0 Å². The third-order valence-electron chi connectivity index (χ3n) is 4.78. The number of allylic oxidation sites excluding steroid dienone is 12. The van der Waals surface area contributed by atoms with Crippen LogP contribution in [0, 0.1) is 11.8 Å². The Morgan fingerprint density at radius 1 is 0.781 bits per heavy atom. The molecule has 0 fully saturated rings. The van der Waals surface area contributed by atoms with Crippen molar-refractivity contribution in [1.29, 1.82) is 0 Å². The van der Waals surface area contributed by atoms with E-state index in [9.17, 15) is 9.59 Å². The highest BCUT2D eigenvalue weighted by Crippen LogP contribution is 2.16. The summed E-state index contributed by atoms with van der Waals surface area (Å²) in [7, 11) is 0. The van der Waals surface area contributed by atoms with Gasteiger partial charge in [-0.05, 0) is 44.9 Å². The first-order valence-electron chi connectivity index (χ1n) is 11.6. The second-order valence-corrected chi connectivity index (χ2v) is 7.91. The van der Waals surface area contributed by atoms with Gasteiger partial charge in [0.15, 0.2) is 0 Å². The molecule has 178 valence electrons. The van der Waals surface area contributed by atoms with Crippen molar-refractivity contribution in [2.45, 2.75) is 58.8 Å². The Hall–Kier alpha value is -2.27. The topological polar surface area (TPSA) is 72.2 Å². The number of hydrogen-bond acceptors (Lipinski definition) is 3. The predicted molar refractivity (Wildman–Crippen MR) is 142 cm³/mol. The lowest BCUT2D eigenvalue weighted by Crippen LogP contribution is -2.39. The van der Waals surface area contributed by atoms with Crippen LogP contribution in [0.1, 0.15) is 58.8 Å². The van der Waals surface area contributed by atoms with Gasteiger partial charge in [0.25, 0.3) is 0 Å². The average Bonchev–Trinajstić information content (AvgIpc) is 2.78. The minimum atomic E-state index is -0.500. The molecule has 0 spiro atoms. The van der Waals surface area contributed by atoms with Crippen molar-refractivity contribution in [3.63, 3.8) is 0 Å². The third-order valence-corrected chi connectivity index (χ3v) is 5.00. The summed E-state index contributed by atoms with van der Waals surface area (Å²) in [6, 6.07) is 0. The Labute approximate surface area is 200 Å². The fraction of sp³-hybridized carbons (Fsp3) is 0.481. The van der Waals surface area contributed by atoms with Gasteiger partial charge < -0.3 is 11.1 Å². The van der Waals surface area contributed by atoms with Crippen LogP contribution in [0.2, 0.25) is 0 Å². The lowest BCUT2D eigenvalue weighted by atomic mass is 9.89. The second kappa shape index (κ2) is 21.9. The van der Waals surface area contributed by atoms with Crippen LogP contribution < -0.4 is 11.1 Å². The minimum Gasteiger partial charge on any atom is -0.369 e. The molecule has 0 saturated heterocycles. The van der Waals surface area contributed by atoms with Gasteiger partial charge in [-0.25, -0.2) is 0 Å². The maximum atomic E-state index is 12.0. The molecular formula is C27H42N2O2S. The Balaban J connectivity index is 4.02. The maximum Gasteiger partial charge on any atom is 0.223 e. The molecule has 0 heterocycles. The molecule has 0 bridgehead atoms. The van der Waals surface area contributed by atoms with Gasteiger partial charge in [0, 0.05) is 18.2 Å². The van der Waals surface area contributed by atoms with Crippen LogP contribution >= 0.6 is 12.6 Å². The van der Waals surface area contributed by atoms with E-state index in [4.69, 9.17) is 5.73 Å². The van der Waals surface area contributed by atoms with Crippen molar-refractivity contribution in [2.75, 3.05) is 12.3 Å². The van der Waals surface area contributed by atoms with Crippen LogP contribution in [-0.2, 0) is 9.59 Å². The number of rotatable bonds is 18. The molecule has 3 N–H and O–H groups in total. The number of hydrogen-bond donors (Lipinski definition) is 3. The van der Waals surface area contributed by atoms with Crippen molar-refractivity contribution in [3.05, 3.63) is 72.9 Å². The van der Waals surface area contributed by atoms with Crippen LogP contribution in [0.3, 0.4) is 0 Å². The molecule has 4 nitrogen and oxygen atoms in total. The van der Waals surface area contributed by atoms with Crippen LogP contribution in [0.15, 0.2) is 72.9 Å². The van der Waals surface area contributed by atoms with Crippen molar-refractivity contribution in [1.82, 2.24) is 5.32 Å². The molecule has 32 heavy (non-hydrogen) atoms. The van der Waals surface area contributed by atoms with Gasteiger partial charge in [-0.15, -0.1) is 0 Å². The van der Waals surface area contributed by atoms with Gasteiger partial charge in [0.05, 0.1) is 5.92 Å². The first-order valence-corrected chi connectivity index (χ1v) is 12.3. The number of nitrogens with two attached hydrogens (primary N) is 1. The quantitative estimate of drug-likeness (QED) is 0.178. The number of primary amides is 1. The highest BCUT2D eigenvalue weighted by molar-refractivity contribution is 7.80. The zero-order valence-corrected chi connectivity index (χ0v) is 20.7. The van der Waals surface area contributed by atoms with Gasteiger partial charge in [-0.1, -0.05) is 86.8 Å². The zero-order chi connectivity index (χ0) is 23.9. The molecule has 0 aliphatic rings. The highest BCUT2D eigenvalue weighted by atomic mass is 32.1. The molecule has 5 heteroatoms. The number of thiol groups is 1. The average molecular weight is 459 g/mol. The Kier molecular flexibility index (Phi) is 20.4. The molecule has 0 aromatic carbocycles. The van der Waals surface area contributed by atoms with Crippen LogP contribution in [-0.4, -0.2) is 24.1 Å². The molecule has 2 amide bonds. The van der Waals surface area contributed by atoms with E-state index in [1.807, 2.05) is 12.2 Å². The maximum absolute atomic E-state index is 12.0. The van der Waals surface area contributed by atoms with E-state index in [1.54, 1.807) is 6.92 Å². The van der Waals surface area contributed by atoms with Crippen molar-refractivity contribution in [2.24, 2.45) is 17.6 Å². The van der Waals surface area contributed by atoms with E-state index in [1.165, 1.54) is 0 Å². The Bertz CT molecular complexity index is 675. The summed E-state index contributed by atoms with van der Waals surface area (Å²) < 4.78 is 0. The van der Waals surface area contributed by atoms with E-state index >= 15 is 0 Å². The van der Waals surface area contributed by atoms with Crippen molar-refractivity contribution >= 4 is 24.4 Å². The SMILES string of the molecule is CCC=CCC=CCC=CCC=CCC=CCC=CCC(C(N)=O)[C@H](C)C(=O)NCCS. The van der Waals surface area contributed by atoms with Gasteiger partial charge in [-0.2, -0.15) is 12.6 Å². The standard InChI is InChI=1S/C27H42N2O2S/c1-3-4-5-6-7-8-9-10-11-12-13-14-15-16-17-18-19-20-21-25(26(28)30)24(2)27(31)29-22-23-32/h4-5,7-8,10-11,13-14,16-17,19-20,24-25,32H,3,6,9,12,15,18,21-23H2,1-2H3,(H2,28,30)(H,29,31)/t24-,25?/m0/s1. The molecule has 0 aliphatic carbocycles. The normalized spacial score (nSPS) is 14.6. The summed E-state index contributed by atoms with van der Waals surface area (Å²) in [5, 5.41) is 2.75. The third kappa shape index (κ3) is 17.4. The number of carbonyl (C=O) groups is 2. The smallest absolute Gasteiger partial charge is 0.223 e. The molecule has 0 saturated carbocycles. The predicted octanol–water partition coefficient (Wildman–Crippen LogP) is 5.86. The highest BCUT2D eigenvalue weighted by Gasteiger charge is 2.27. The first kappa shape index (κ1) is 29.7. The molecule has 0 aromatic heterocycles. The summed E-state index contributed by atoms with van der Waals surface area (Å²) in [5.41, 5.74) is 5.48. The number of amides is 2. The summed E-state index contributed by atoms with van der Waals surface area (Å²) in [5.74, 6) is -0.996. The van der Waals surface area contributed by atoms with E-state index in [-0.39, 0.29) is 5.91 Å². The van der Waals surface area contributed by atoms with Crippen LogP contribution in [0.25, 0.3) is 0 Å². The van der Waals surface area contributed by atoms with Crippen LogP contribution in [0.5, 0.6) is 0 Å². The van der Waals surface area contributed by atoms with Gasteiger partial charge in [0.2, 0.25) is 11.8 Å². The number of carbonyl (C=O) groups excluding carboxylic acids is 2. The monoisotopic (exact) mass is 458 g/mol. The summed E-state index contributed by atoms with van der Waals surface area (Å²) in [6.07, 6.45) is 31.8. The molecule has 1 unspecified atom stereocenters. The van der Waals surface area contributed by atoms with Gasteiger partial charge >= 0.3 is 0 Å². The van der Waals surface area contributed by atoms with E-state index < -0.39 is 17.7 Å². The minimum absolute atomic E-state index is 0.158. The number of nitrogens with one attached hydrogen (secondary N) is 1. The lowest BCUT2D eigenvalue weighted by Gasteiger charge is -2.19. The fourth-order valence-corrected chi connectivity index (χ4v) is 2.97. The summed E-state index contributed by atoms with van der Waals surface area (Å²) in [6.45, 7) is 4.37. The largest absolute Gasteiger partial charge is 0.369 e. The molecule has 0 aliphatic heterocycles. The van der Waals surface area contributed by atoms with E-state index in [2.05, 4.69) is 85.6 Å². The van der Waals surface area contributed by atoms with Gasteiger partial charge in [-0.3, -0.25) is 9.59 Å². The van der Waals surface area contributed by atoms with E-state index in [0.717, 1.165) is 38.5 Å². The van der Waals surface area contributed by atoms with Gasteiger partial charge in [0.1, 0.15) is 0 Å². The molecule has 0 aromatic rings. The Morgan fingerprint density at radius 2 is 1.19 bits per heavy atom. The Morgan fingerprint density at radius 3 is 1.56 bits per heavy atom. The molecule has 0 radical (unpaired) electrons. The summed E-state index contributed by atoms with van der Waals surface area (Å²) >= 11 is 4.07. The van der Waals surface area contributed by atoms with Crippen molar-refractivity contribution in [3.8, 4) is 0 Å².